The molecule has 0 amide bonds. The smallest absolute Gasteiger partial charge is 0.330 e. The van der Waals surface area contributed by atoms with Crippen molar-refractivity contribution in [2.24, 2.45) is 0 Å². The summed E-state index contributed by atoms with van der Waals surface area (Å²) in [6.07, 6.45) is 1.13. The van der Waals surface area contributed by atoms with Gasteiger partial charge in [0.15, 0.2) is 0 Å². The molecule has 0 saturated carbocycles. The van der Waals surface area contributed by atoms with Gasteiger partial charge in [0, 0.05) is 6.08 Å². The Morgan fingerprint density at radius 3 is 2.42 bits per heavy atom. The zero-order valence-corrected chi connectivity index (χ0v) is 11.3. The van der Waals surface area contributed by atoms with E-state index in [9.17, 15) is 4.79 Å². The van der Waals surface area contributed by atoms with Crippen LogP contribution in [-0.2, 0) is 25.6 Å². The van der Waals surface area contributed by atoms with Crippen LogP contribution in [0.5, 0.6) is 0 Å². The number of rotatable bonds is 9. The predicted molar refractivity (Wildman–Crippen MR) is 72.8 cm³/mol. The van der Waals surface area contributed by atoms with Crippen LogP contribution in [0.1, 0.15) is 11.1 Å². The first-order chi connectivity index (χ1) is 9.22. The fourth-order valence-corrected chi connectivity index (χ4v) is 1.35. The lowest BCUT2D eigenvalue weighted by Crippen LogP contribution is -2.11. The molecule has 0 unspecified atom stereocenters. The standard InChI is InChI=1S/C15H20O4/c1-3-15(16)19-11-10-17-8-9-18-12-14-6-4-13(2)5-7-14/h3-7H,1,8-12H2,2H3. The second-order valence-electron chi connectivity index (χ2n) is 4.02. The van der Waals surface area contributed by atoms with Crippen LogP contribution in [0.3, 0.4) is 0 Å². The molecule has 0 aromatic heterocycles. The number of aryl methyl sites for hydroxylation is 1. The van der Waals surface area contributed by atoms with Crippen molar-refractivity contribution in [3.8, 4) is 0 Å². The average molecular weight is 264 g/mol. The molecule has 104 valence electrons. The van der Waals surface area contributed by atoms with E-state index in [1.807, 2.05) is 12.1 Å². The van der Waals surface area contributed by atoms with Gasteiger partial charge in [-0.25, -0.2) is 4.79 Å². The molecule has 0 heterocycles. The fraction of sp³-hybridized carbons (Fsp3) is 0.400. The molecule has 0 aliphatic heterocycles. The summed E-state index contributed by atoms with van der Waals surface area (Å²) in [6.45, 7) is 7.54. The van der Waals surface area contributed by atoms with Crippen molar-refractivity contribution in [3.05, 3.63) is 48.0 Å². The fourth-order valence-electron chi connectivity index (χ4n) is 1.35. The number of esters is 1. The summed E-state index contributed by atoms with van der Waals surface area (Å²) >= 11 is 0. The molecular weight excluding hydrogens is 244 g/mol. The van der Waals surface area contributed by atoms with E-state index in [1.54, 1.807) is 0 Å². The maximum atomic E-state index is 10.7. The number of benzene rings is 1. The van der Waals surface area contributed by atoms with Crippen LogP contribution in [0.15, 0.2) is 36.9 Å². The Bertz CT molecular complexity index is 384. The molecule has 0 saturated heterocycles. The zero-order valence-electron chi connectivity index (χ0n) is 11.3. The molecule has 1 rings (SSSR count). The van der Waals surface area contributed by atoms with Crippen LogP contribution < -0.4 is 0 Å². The SMILES string of the molecule is C=CC(=O)OCCOCCOCc1ccc(C)cc1. The third-order valence-electron chi connectivity index (χ3n) is 2.40. The number of carbonyl (C=O) groups is 1. The summed E-state index contributed by atoms with van der Waals surface area (Å²) in [6, 6.07) is 8.21. The third-order valence-corrected chi connectivity index (χ3v) is 2.40. The van der Waals surface area contributed by atoms with Crippen molar-refractivity contribution in [1.29, 1.82) is 0 Å². The first-order valence-electron chi connectivity index (χ1n) is 6.22. The van der Waals surface area contributed by atoms with Gasteiger partial charge in [-0.3, -0.25) is 0 Å². The first-order valence-corrected chi connectivity index (χ1v) is 6.22. The molecule has 1 aromatic rings. The van der Waals surface area contributed by atoms with Gasteiger partial charge in [-0.05, 0) is 12.5 Å². The average Bonchev–Trinajstić information content (AvgIpc) is 2.43. The Labute approximate surface area is 114 Å². The van der Waals surface area contributed by atoms with E-state index in [0.29, 0.717) is 26.4 Å². The molecule has 0 aliphatic rings. The van der Waals surface area contributed by atoms with Crippen LogP contribution >= 0.6 is 0 Å². The van der Waals surface area contributed by atoms with Gasteiger partial charge < -0.3 is 14.2 Å². The monoisotopic (exact) mass is 264 g/mol. The van der Waals surface area contributed by atoms with Crippen LogP contribution in [0.4, 0.5) is 0 Å². The minimum absolute atomic E-state index is 0.239. The van der Waals surface area contributed by atoms with Crippen molar-refractivity contribution in [1.82, 2.24) is 0 Å². The molecule has 0 fully saturated rings. The molecule has 0 aliphatic carbocycles. The number of hydrogen-bond acceptors (Lipinski definition) is 4. The highest BCUT2D eigenvalue weighted by Gasteiger charge is 1.96. The van der Waals surface area contributed by atoms with Crippen LogP contribution in [0.25, 0.3) is 0 Å². The maximum absolute atomic E-state index is 10.7. The largest absolute Gasteiger partial charge is 0.460 e. The Kier molecular flexibility index (Phi) is 7.54. The Morgan fingerprint density at radius 1 is 1.11 bits per heavy atom. The van der Waals surface area contributed by atoms with Gasteiger partial charge in [0.25, 0.3) is 0 Å². The minimum Gasteiger partial charge on any atom is -0.460 e. The van der Waals surface area contributed by atoms with Crippen LogP contribution in [0, 0.1) is 6.92 Å². The molecule has 0 spiro atoms. The highest BCUT2D eigenvalue weighted by atomic mass is 16.6. The molecule has 4 nitrogen and oxygen atoms in total. The molecule has 4 heteroatoms. The quantitative estimate of drug-likeness (QED) is 0.390. The molecule has 19 heavy (non-hydrogen) atoms. The zero-order chi connectivity index (χ0) is 13.9. The van der Waals surface area contributed by atoms with E-state index in [0.717, 1.165) is 11.6 Å². The first kappa shape index (κ1) is 15.4. The summed E-state index contributed by atoms with van der Waals surface area (Å²) in [5.41, 5.74) is 2.38. The molecule has 0 atom stereocenters. The lowest BCUT2D eigenvalue weighted by atomic mass is 10.2. The van der Waals surface area contributed by atoms with E-state index in [2.05, 4.69) is 25.6 Å². The van der Waals surface area contributed by atoms with Crippen LogP contribution in [-0.4, -0.2) is 32.4 Å². The van der Waals surface area contributed by atoms with Crippen molar-refractivity contribution in [2.45, 2.75) is 13.5 Å². The van der Waals surface area contributed by atoms with Gasteiger partial charge >= 0.3 is 5.97 Å². The Hall–Kier alpha value is -1.65. The molecule has 0 bridgehead atoms. The van der Waals surface area contributed by atoms with E-state index in [-0.39, 0.29) is 6.61 Å². The Morgan fingerprint density at radius 2 is 1.74 bits per heavy atom. The van der Waals surface area contributed by atoms with E-state index in [1.165, 1.54) is 5.56 Å². The lowest BCUT2D eigenvalue weighted by molar-refractivity contribution is -0.139. The predicted octanol–water partition coefficient (Wildman–Crippen LogP) is 2.26. The summed E-state index contributed by atoms with van der Waals surface area (Å²) in [4.78, 5) is 10.7. The third kappa shape index (κ3) is 7.39. The molecular formula is C15H20O4. The molecule has 1 aromatic carbocycles. The summed E-state index contributed by atoms with van der Waals surface area (Å²) in [7, 11) is 0. The van der Waals surface area contributed by atoms with Gasteiger partial charge in [0.2, 0.25) is 0 Å². The summed E-state index contributed by atoms with van der Waals surface area (Å²) in [5.74, 6) is -0.431. The number of ether oxygens (including phenoxy) is 3. The maximum Gasteiger partial charge on any atom is 0.330 e. The Balaban J connectivity index is 1.95. The summed E-state index contributed by atoms with van der Waals surface area (Å²) < 4.78 is 15.5. The lowest BCUT2D eigenvalue weighted by Gasteiger charge is -2.06. The van der Waals surface area contributed by atoms with Gasteiger partial charge in [-0.15, -0.1) is 0 Å². The van der Waals surface area contributed by atoms with Crippen molar-refractivity contribution in [3.63, 3.8) is 0 Å². The van der Waals surface area contributed by atoms with Crippen molar-refractivity contribution < 1.29 is 19.0 Å². The highest BCUT2D eigenvalue weighted by Crippen LogP contribution is 2.04. The molecule has 0 radical (unpaired) electrons. The van der Waals surface area contributed by atoms with Gasteiger partial charge in [0.05, 0.1) is 26.4 Å². The van der Waals surface area contributed by atoms with E-state index in [4.69, 9.17) is 14.2 Å². The second kappa shape index (κ2) is 9.30. The van der Waals surface area contributed by atoms with Gasteiger partial charge in [0.1, 0.15) is 6.61 Å². The normalized spacial score (nSPS) is 10.2. The van der Waals surface area contributed by atoms with E-state index < -0.39 is 5.97 Å². The van der Waals surface area contributed by atoms with Gasteiger partial charge in [-0.1, -0.05) is 36.4 Å². The van der Waals surface area contributed by atoms with Crippen LogP contribution in [0.2, 0.25) is 0 Å². The molecule has 0 N–H and O–H groups in total. The number of hydrogen-bond donors (Lipinski definition) is 0. The highest BCUT2D eigenvalue weighted by molar-refractivity contribution is 5.81. The topological polar surface area (TPSA) is 44.8 Å². The second-order valence-corrected chi connectivity index (χ2v) is 4.02. The number of carbonyl (C=O) groups excluding carboxylic acids is 1. The minimum atomic E-state index is -0.431. The van der Waals surface area contributed by atoms with Gasteiger partial charge in [-0.2, -0.15) is 0 Å². The van der Waals surface area contributed by atoms with Crippen molar-refractivity contribution in [2.75, 3.05) is 26.4 Å². The van der Waals surface area contributed by atoms with Crippen molar-refractivity contribution >= 4 is 5.97 Å². The summed E-state index contributed by atoms with van der Waals surface area (Å²) in [5, 5.41) is 0. The van der Waals surface area contributed by atoms with E-state index >= 15 is 0 Å².